The lowest BCUT2D eigenvalue weighted by molar-refractivity contribution is 0.354. The Kier molecular flexibility index (Phi) is 4.35. The molecule has 0 bridgehead atoms. The van der Waals surface area contributed by atoms with Gasteiger partial charge >= 0.3 is 0 Å². The molecule has 0 aromatic heterocycles. The summed E-state index contributed by atoms with van der Waals surface area (Å²) in [6.07, 6.45) is 0. The Morgan fingerprint density at radius 3 is 2.05 bits per heavy atom. The van der Waals surface area contributed by atoms with Crippen LogP contribution < -0.4 is 9.47 Å². The average Bonchev–Trinajstić information content (AvgIpc) is 2.41. The number of ether oxygens (including phenoxy) is 2. The molecule has 1 aliphatic rings. The van der Waals surface area contributed by atoms with Crippen molar-refractivity contribution in [3.05, 3.63) is 40.1 Å². The largest absolute Gasteiger partial charge is 0.448 e. The van der Waals surface area contributed by atoms with Crippen LogP contribution in [0.5, 0.6) is 23.0 Å². The third-order valence-electron chi connectivity index (χ3n) is 2.59. The van der Waals surface area contributed by atoms with E-state index in [9.17, 15) is 0 Å². The zero-order chi connectivity index (χ0) is 14.6. The standard InChI is InChI=1S/C12H2Br4Cl2O2/c13-3-1-4(17)8(15)12-10(3)19-6-2-5(18)7(14)9(16)11(6)20-12/h1-2H. The van der Waals surface area contributed by atoms with Gasteiger partial charge in [0.25, 0.3) is 0 Å². The van der Waals surface area contributed by atoms with Crippen molar-refractivity contribution in [1.82, 2.24) is 0 Å². The fourth-order valence-corrected chi connectivity index (χ4v) is 3.97. The highest BCUT2D eigenvalue weighted by Crippen LogP contribution is 2.57. The molecule has 0 saturated heterocycles. The highest BCUT2D eigenvalue weighted by Gasteiger charge is 2.28. The zero-order valence-electron chi connectivity index (χ0n) is 9.24. The van der Waals surface area contributed by atoms with Crippen LogP contribution in [0, 0.1) is 0 Å². The summed E-state index contributed by atoms with van der Waals surface area (Å²) >= 11 is 25.9. The van der Waals surface area contributed by atoms with Crippen molar-refractivity contribution in [2.75, 3.05) is 0 Å². The van der Waals surface area contributed by atoms with E-state index in [-0.39, 0.29) is 0 Å². The van der Waals surface area contributed by atoms with Crippen LogP contribution in [0.2, 0.25) is 10.0 Å². The van der Waals surface area contributed by atoms with E-state index < -0.39 is 0 Å². The summed E-state index contributed by atoms with van der Waals surface area (Å²) in [5.41, 5.74) is 0. The maximum absolute atomic E-state index is 6.12. The first-order valence-corrected chi connectivity index (χ1v) is 9.03. The van der Waals surface area contributed by atoms with E-state index in [1.807, 2.05) is 0 Å². The molecule has 0 aliphatic carbocycles. The molecule has 1 aliphatic heterocycles. The minimum Gasteiger partial charge on any atom is -0.448 e. The van der Waals surface area contributed by atoms with Gasteiger partial charge in [0.15, 0.2) is 23.0 Å². The summed E-state index contributed by atoms with van der Waals surface area (Å²) in [5, 5.41) is 1.04. The minimum absolute atomic E-state index is 0.506. The second-order valence-corrected chi connectivity index (χ2v) is 7.88. The van der Waals surface area contributed by atoms with Crippen LogP contribution in [0.25, 0.3) is 0 Å². The first-order valence-electron chi connectivity index (χ1n) is 5.11. The van der Waals surface area contributed by atoms with E-state index in [1.165, 1.54) is 0 Å². The van der Waals surface area contributed by atoms with Gasteiger partial charge in [-0.3, -0.25) is 0 Å². The van der Waals surface area contributed by atoms with Crippen molar-refractivity contribution in [2.45, 2.75) is 0 Å². The SMILES string of the molecule is Clc1cc2c(c(Br)c1Br)Oc1c(Br)c(Cl)cc(Br)c1O2. The summed E-state index contributed by atoms with van der Waals surface area (Å²) in [7, 11) is 0. The van der Waals surface area contributed by atoms with Crippen LogP contribution in [-0.2, 0) is 0 Å². The smallest absolute Gasteiger partial charge is 0.187 e. The molecule has 2 nitrogen and oxygen atoms in total. The lowest BCUT2D eigenvalue weighted by Gasteiger charge is -2.24. The molecule has 2 aromatic carbocycles. The van der Waals surface area contributed by atoms with Crippen LogP contribution in [0.4, 0.5) is 0 Å². The summed E-state index contributed by atoms with van der Waals surface area (Å²) < 4.78 is 14.5. The van der Waals surface area contributed by atoms with Crippen molar-refractivity contribution in [3.63, 3.8) is 0 Å². The molecule has 3 rings (SSSR count). The Labute approximate surface area is 158 Å². The maximum atomic E-state index is 6.12. The number of halogens is 6. The lowest BCUT2D eigenvalue weighted by Crippen LogP contribution is -2.02. The van der Waals surface area contributed by atoms with Crippen molar-refractivity contribution in [1.29, 1.82) is 0 Å². The number of hydrogen-bond acceptors (Lipinski definition) is 2. The molecule has 0 saturated carbocycles. The Bertz CT molecular complexity index is 749. The van der Waals surface area contributed by atoms with E-state index in [2.05, 4.69) is 63.7 Å². The molecule has 2 aromatic rings. The van der Waals surface area contributed by atoms with Gasteiger partial charge < -0.3 is 9.47 Å². The molecule has 1 heterocycles. The summed E-state index contributed by atoms with van der Waals surface area (Å²) in [6, 6.07) is 3.41. The van der Waals surface area contributed by atoms with Gasteiger partial charge in [0, 0.05) is 6.07 Å². The van der Waals surface area contributed by atoms with E-state index in [1.54, 1.807) is 12.1 Å². The quantitative estimate of drug-likeness (QED) is 0.203. The zero-order valence-corrected chi connectivity index (χ0v) is 17.1. The van der Waals surface area contributed by atoms with E-state index in [4.69, 9.17) is 32.7 Å². The topological polar surface area (TPSA) is 18.5 Å². The van der Waals surface area contributed by atoms with Crippen LogP contribution >= 0.6 is 86.9 Å². The van der Waals surface area contributed by atoms with E-state index in [0.717, 1.165) is 0 Å². The molecular formula is C12H2Br4Cl2O2. The van der Waals surface area contributed by atoms with Crippen molar-refractivity contribution < 1.29 is 9.47 Å². The van der Waals surface area contributed by atoms with Gasteiger partial charge in [0.1, 0.15) is 0 Å². The number of rotatable bonds is 0. The normalized spacial score (nSPS) is 12.3. The van der Waals surface area contributed by atoms with Gasteiger partial charge in [0.2, 0.25) is 0 Å². The van der Waals surface area contributed by atoms with Gasteiger partial charge in [0.05, 0.1) is 27.9 Å². The van der Waals surface area contributed by atoms with Crippen molar-refractivity contribution in [2.24, 2.45) is 0 Å². The Morgan fingerprint density at radius 2 is 1.35 bits per heavy atom. The first kappa shape index (κ1) is 15.4. The highest BCUT2D eigenvalue weighted by molar-refractivity contribution is 9.13. The Hall–Kier alpha value is 0.540. The predicted molar refractivity (Wildman–Crippen MR) is 93.9 cm³/mol. The molecule has 0 N–H and O–H groups in total. The second-order valence-electron chi connectivity index (χ2n) is 3.83. The Balaban J connectivity index is 2.24. The van der Waals surface area contributed by atoms with Crippen LogP contribution in [0.3, 0.4) is 0 Å². The van der Waals surface area contributed by atoms with Gasteiger partial charge in [-0.25, -0.2) is 0 Å². The molecule has 0 amide bonds. The van der Waals surface area contributed by atoms with Crippen LogP contribution in [0.15, 0.2) is 30.0 Å². The number of hydrogen-bond donors (Lipinski definition) is 0. The summed E-state index contributed by atoms with van der Waals surface area (Å²) in [6.45, 7) is 0. The van der Waals surface area contributed by atoms with Crippen LogP contribution in [0.1, 0.15) is 0 Å². The average molecular weight is 569 g/mol. The molecule has 0 radical (unpaired) electrons. The number of fused-ring (bicyclic) bond motifs is 2. The van der Waals surface area contributed by atoms with E-state index >= 15 is 0 Å². The second kappa shape index (κ2) is 5.63. The maximum Gasteiger partial charge on any atom is 0.187 e. The fraction of sp³-hybridized carbons (Fsp3) is 0. The monoisotopic (exact) mass is 564 g/mol. The third kappa shape index (κ3) is 2.42. The molecule has 20 heavy (non-hydrogen) atoms. The third-order valence-corrected chi connectivity index (χ3v) is 7.13. The molecule has 8 heteroatoms. The summed E-state index contributed by atoms with van der Waals surface area (Å²) in [4.78, 5) is 0. The molecular weight excluding hydrogens is 567 g/mol. The molecule has 0 unspecified atom stereocenters. The molecule has 0 fully saturated rings. The first-order chi connectivity index (χ1) is 9.40. The fourth-order valence-electron chi connectivity index (χ4n) is 1.68. The molecule has 0 atom stereocenters. The van der Waals surface area contributed by atoms with Gasteiger partial charge in [-0.05, 0) is 69.8 Å². The predicted octanol–water partition coefficient (Wildman–Crippen LogP) is 7.94. The Morgan fingerprint density at radius 1 is 0.700 bits per heavy atom. The van der Waals surface area contributed by atoms with Gasteiger partial charge in [-0.2, -0.15) is 0 Å². The minimum atomic E-state index is 0.506. The number of benzene rings is 2. The van der Waals surface area contributed by atoms with Crippen molar-refractivity contribution in [3.8, 4) is 23.0 Å². The van der Waals surface area contributed by atoms with Gasteiger partial charge in [-0.1, -0.05) is 23.2 Å². The summed E-state index contributed by atoms with van der Waals surface area (Å²) in [5.74, 6) is 2.10. The molecule has 104 valence electrons. The van der Waals surface area contributed by atoms with E-state index in [0.29, 0.717) is 50.9 Å². The van der Waals surface area contributed by atoms with Crippen molar-refractivity contribution >= 4 is 86.9 Å². The van der Waals surface area contributed by atoms with Gasteiger partial charge in [-0.15, -0.1) is 0 Å². The molecule has 0 spiro atoms. The van der Waals surface area contributed by atoms with Crippen LogP contribution in [-0.4, -0.2) is 0 Å². The highest BCUT2D eigenvalue weighted by atomic mass is 79.9. The lowest BCUT2D eigenvalue weighted by atomic mass is 10.2.